The maximum absolute atomic E-state index is 11.8. The van der Waals surface area contributed by atoms with Gasteiger partial charge in [0.2, 0.25) is 5.91 Å². The summed E-state index contributed by atoms with van der Waals surface area (Å²) in [5.74, 6) is 1.10. The first-order chi connectivity index (χ1) is 9.65. The van der Waals surface area contributed by atoms with Crippen LogP contribution in [0.15, 0.2) is 18.3 Å². The number of amides is 1. The highest BCUT2D eigenvalue weighted by atomic mass is 35.5. The highest BCUT2D eigenvalue weighted by Gasteiger charge is 2.12. The number of aromatic nitrogens is 3. The zero-order valence-electron chi connectivity index (χ0n) is 11.8. The number of nitrogens with one attached hydrogen (secondary N) is 1. The molecule has 1 N–H and O–H groups in total. The number of rotatable bonds is 6. The maximum Gasteiger partial charge on any atom is 0.222 e. The lowest BCUT2D eigenvalue weighted by molar-refractivity contribution is -0.121. The summed E-state index contributed by atoms with van der Waals surface area (Å²) in [4.78, 5) is 20.6. The second-order valence-electron chi connectivity index (χ2n) is 4.79. The van der Waals surface area contributed by atoms with Crippen LogP contribution in [0.5, 0.6) is 0 Å². The molecule has 2 heterocycles. The number of carbonyl (C=O) groups is 1. The van der Waals surface area contributed by atoms with Gasteiger partial charge in [0.05, 0.1) is 5.88 Å². The third-order valence-electron chi connectivity index (χ3n) is 3.28. The topological polar surface area (TPSA) is 59.8 Å². The molecule has 0 aliphatic rings. The van der Waals surface area contributed by atoms with Gasteiger partial charge in [0.1, 0.15) is 11.3 Å². The predicted molar refractivity (Wildman–Crippen MR) is 79.6 cm³/mol. The third-order valence-corrected chi connectivity index (χ3v) is 3.52. The standard InChI is InChI=1S/C14H19ClN4O/c1-3-10(2)17-13(20)6-8-19-12(9-15)18-11-5-4-7-16-14(11)19/h4-5,7,10H,3,6,8-9H2,1-2H3,(H,17,20). The average molecular weight is 295 g/mol. The summed E-state index contributed by atoms with van der Waals surface area (Å²) in [6, 6.07) is 3.94. The number of nitrogens with zero attached hydrogens (tertiary/aromatic N) is 3. The van der Waals surface area contributed by atoms with Crippen molar-refractivity contribution in [1.29, 1.82) is 0 Å². The lowest BCUT2D eigenvalue weighted by Crippen LogP contribution is -2.32. The van der Waals surface area contributed by atoms with E-state index < -0.39 is 0 Å². The Hall–Kier alpha value is -1.62. The van der Waals surface area contributed by atoms with Crippen molar-refractivity contribution < 1.29 is 4.79 Å². The zero-order valence-corrected chi connectivity index (χ0v) is 12.5. The Morgan fingerprint density at radius 1 is 1.55 bits per heavy atom. The molecule has 0 radical (unpaired) electrons. The van der Waals surface area contributed by atoms with Gasteiger partial charge in [-0.3, -0.25) is 4.79 Å². The van der Waals surface area contributed by atoms with Gasteiger partial charge in [0.25, 0.3) is 0 Å². The Bertz CT molecular complexity index is 596. The number of carbonyl (C=O) groups excluding carboxylic acids is 1. The molecule has 0 aliphatic heterocycles. The molecule has 20 heavy (non-hydrogen) atoms. The number of halogens is 1. The van der Waals surface area contributed by atoms with Crippen LogP contribution in [0.25, 0.3) is 11.2 Å². The number of hydrogen-bond acceptors (Lipinski definition) is 3. The Morgan fingerprint density at radius 3 is 3.05 bits per heavy atom. The normalized spacial score (nSPS) is 12.6. The molecular weight excluding hydrogens is 276 g/mol. The van der Waals surface area contributed by atoms with E-state index in [2.05, 4.69) is 15.3 Å². The highest BCUT2D eigenvalue weighted by Crippen LogP contribution is 2.15. The Balaban J connectivity index is 2.11. The van der Waals surface area contributed by atoms with Crippen LogP contribution in [0.4, 0.5) is 0 Å². The Kier molecular flexibility index (Phi) is 4.95. The lowest BCUT2D eigenvalue weighted by Gasteiger charge is -2.12. The molecule has 0 aliphatic carbocycles. The SMILES string of the molecule is CCC(C)NC(=O)CCn1c(CCl)nc2cccnc21. The molecule has 0 aromatic carbocycles. The molecule has 2 aromatic heterocycles. The smallest absolute Gasteiger partial charge is 0.222 e. The summed E-state index contributed by atoms with van der Waals surface area (Å²) in [6.07, 6.45) is 3.04. The second kappa shape index (κ2) is 6.70. The molecule has 2 rings (SSSR count). The monoisotopic (exact) mass is 294 g/mol. The van der Waals surface area contributed by atoms with Gasteiger partial charge in [-0.05, 0) is 25.5 Å². The summed E-state index contributed by atoms with van der Waals surface area (Å²) in [6.45, 7) is 4.58. The summed E-state index contributed by atoms with van der Waals surface area (Å²) >= 11 is 5.91. The van der Waals surface area contributed by atoms with E-state index in [9.17, 15) is 4.79 Å². The summed E-state index contributed by atoms with van der Waals surface area (Å²) in [5.41, 5.74) is 1.59. The van der Waals surface area contributed by atoms with Gasteiger partial charge in [-0.2, -0.15) is 0 Å². The maximum atomic E-state index is 11.8. The van der Waals surface area contributed by atoms with Crippen LogP contribution in [-0.4, -0.2) is 26.5 Å². The van der Waals surface area contributed by atoms with Crippen LogP contribution in [0.2, 0.25) is 0 Å². The molecule has 0 bridgehead atoms. The quantitative estimate of drug-likeness (QED) is 0.833. The van der Waals surface area contributed by atoms with E-state index in [1.54, 1.807) is 6.20 Å². The van der Waals surface area contributed by atoms with Gasteiger partial charge in [-0.1, -0.05) is 6.92 Å². The molecule has 1 amide bonds. The summed E-state index contributed by atoms with van der Waals surface area (Å²) in [5, 5.41) is 2.95. The van der Waals surface area contributed by atoms with E-state index >= 15 is 0 Å². The van der Waals surface area contributed by atoms with E-state index in [1.807, 2.05) is 30.5 Å². The van der Waals surface area contributed by atoms with E-state index in [0.717, 1.165) is 23.4 Å². The second-order valence-corrected chi connectivity index (χ2v) is 5.05. The van der Waals surface area contributed by atoms with Crippen molar-refractivity contribution in [2.24, 2.45) is 0 Å². The molecule has 0 spiro atoms. The van der Waals surface area contributed by atoms with E-state index in [0.29, 0.717) is 18.8 Å². The van der Waals surface area contributed by atoms with Gasteiger partial charge in [-0.25, -0.2) is 9.97 Å². The van der Waals surface area contributed by atoms with Crippen LogP contribution in [0, 0.1) is 0 Å². The van der Waals surface area contributed by atoms with Gasteiger partial charge in [0.15, 0.2) is 5.65 Å². The number of aryl methyl sites for hydroxylation is 1. The summed E-state index contributed by atoms with van der Waals surface area (Å²) in [7, 11) is 0. The minimum absolute atomic E-state index is 0.0395. The largest absolute Gasteiger partial charge is 0.354 e. The molecule has 0 fully saturated rings. The number of hydrogen-bond donors (Lipinski definition) is 1. The van der Waals surface area contributed by atoms with Gasteiger partial charge >= 0.3 is 0 Å². The number of imidazole rings is 1. The fraction of sp³-hybridized carbons (Fsp3) is 0.500. The van der Waals surface area contributed by atoms with E-state index in [1.165, 1.54) is 0 Å². The molecular formula is C14H19ClN4O. The van der Waals surface area contributed by atoms with Crippen LogP contribution >= 0.6 is 11.6 Å². The van der Waals surface area contributed by atoms with Crippen LogP contribution < -0.4 is 5.32 Å². The number of fused-ring (bicyclic) bond motifs is 1. The first-order valence-electron chi connectivity index (χ1n) is 6.81. The minimum atomic E-state index is 0.0395. The van der Waals surface area contributed by atoms with E-state index in [4.69, 9.17) is 11.6 Å². The van der Waals surface area contributed by atoms with Crippen molar-refractivity contribution in [3.05, 3.63) is 24.2 Å². The molecule has 0 saturated carbocycles. The van der Waals surface area contributed by atoms with Crippen LogP contribution in [-0.2, 0) is 17.2 Å². The van der Waals surface area contributed by atoms with Crippen LogP contribution in [0.3, 0.4) is 0 Å². The van der Waals surface area contributed by atoms with Gasteiger partial charge in [-0.15, -0.1) is 11.6 Å². The van der Waals surface area contributed by atoms with Crippen molar-refractivity contribution in [3.63, 3.8) is 0 Å². The molecule has 0 saturated heterocycles. The molecule has 1 atom stereocenters. The highest BCUT2D eigenvalue weighted by molar-refractivity contribution is 6.16. The number of alkyl halides is 1. The minimum Gasteiger partial charge on any atom is -0.354 e. The first-order valence-corrected chi connectivity index (χ1v) is 7.34. The van der Waals surface area contributed by atoms with Crippen LogP contribution in [0.1, 0.15) is 32.5 Å². The zero-order chi connectivity index (χ0) is 14.5. The molecule has 2 aromatic rings. The van der Waals surface area contributed by atoms with Crippen molar-refractivity contribution in [1.82, 2.24) is 19.9 Å². The third kappa shape index (κ3) is 3.28. The molecule has 6 heteroatoms. The first kappa shape index (κ1) is 14.8. The molecule has 1 unspecified atom stereocenters. The van der Waals surface area contributed by atoms with Crippen molar-refractivity contribution in [3.8, 4) is 0 Å². The van der Waals surface area contributed by atoms with Crippen molar-refractivity contribution >= 4 is 28.7 Å². The molecule has 108 valence electrons. The summed E-state index contributed by atoms with van der Waals surface area (Å²) < 4.78 is 1.92. The van der Waals surface area contributed by atoms with Crippen molar-refractivity contribution in [2.45, 2.75) is 45.2 Å². The number of pyridine rings is 1. The predicted octanol–water partition coefficient (Wildman–Crippen LogP) is 2.47. The van der Waals surface area contributed by atoms with E-state index in [-0.39, 0.29) is 11.9 Å². The Morgan fingerprint density at radius 2 is 2.35 bits per heavy atom. The fourth-order valence-electron chi connectivity index (χ4n) is 2.00. The average Bonchev–Trinajstić information content (AvgIpc) is 2.82. The lowest BCUT2D eigenvalue weighted by atomic mass is 10.2. The van der Waals surface area contributed by atoms with Gasteiger partial charge in [0, 0.05) is 25.2 Å². The van der Waals surface area contributed by atoms with Crippen molar-refractivity contribution in [2.75, 3.05) is 0 Å². The fourth-order valence-corrected chi connectivity index (χ4v) is 2.21. The molecule has 5 nitrogen and oxygen atoms in total. The van der Waals surface area contributed by atoms with Gasteiger partial charge < -0.3 is 9.88 Å². The Labute approximate surface area is 123 Å².